The molecular formula is C21H20F2N6O3. The van der Waals surface area contributed by atoms with Gasteiger partial charge in [-0.3, -0.25) is 19.6 Å². The van der Waals surface area contributed by atoms with Crippen molar-refractivity contribution in [3.05, 3.63) is 54.6 Å². The number of hydrogen-bond donors (Lipinski definition) is 1. The van der Waals surface area contributed by atoms with Crippen LogP contribution in [0.4, 0.5) is 8.78 Å². The number of nitrogens with zero attached hydrogens (tertiary/aromatic N) is 5. The van der Waals surface area contributed by atoms with Crippen molar-refractivity contribution in [1.82, 2.24) is 24.6 Å². The molecule has 0 atom stereocenters. The van der Waals surface area contributed by atoms with E-state index in [1.807, 2.05) is 0 Å². The van der Waals surface area contributed by atoms with E-state index < -0.39 is 17.7 Å². The summed E-state index contributed by atoms with van der Waals surface area (Å²) in [7, 11) is 0. The molecule has 11 heteroatoms. The number of carbonyl (C=O) groups excluding carboxylic acids is 2. The average molecular weight is 442 g/mol. The second-order valence-electron chi connectivity index (χ2n) is 7.32. The maximum atomic E-state index is 13.5. The first kappa shape index (κ1) is 21.3. The van der Waals surface area contributed by atoms with Crippen molar-refractivity contribution in [2.24, 2.45) is 5.73 Å². The lowest BCUT2D eigenvalue weighted by Crippen LogP contribution is -2.42. The Morgan fingerprint density at radius 3 is 2.56 bits per heavy atom. The monoisotopic (exact) mass is 442 g/mol. The zero-order valence-corrected chi connectivity index (χ0v) is 16.9. The van der Waals surface area contributed by atoms with Gasteiger partial charge in [0.05, 0.1) is 29.5 Å². The molecule has 1 aliphatic rings. The first-order valence-corrected chi connectivity index (χ1v) is 9.87. The van der Waals surface area contributed by atoms with E-state index in [1.54, 1.807) is 42.7 Å². The molecular weight excluding hydrogens is 422 g/mol. The molecule has 4 heterocycles. The number of alkyl halides is 2. The van der Waals surface area contributed by atoms with E-state index in [-0.39, 0.29) is 38.2 Å². The number of carbonyl (C=O) groups is 2. The quantitative estimate of drug-likeness (QED) is 0.625. The third-order valence-corrected chi connectivity index (χ3v) is 4.98. The van der Waals surface area contributed by atoms with E-state index in [0.717, 1.165) is 0 Å². The minimum absolute atomic E-state index is 0.0366. The summed E-state index contributed by atoms with van der Waals surface area (Å²) in [6.45, 7) is -0.349. The number of rotatable bonds is 6. The predicted octanol–water partition coefficient (Wildman–Crippen LogP) is 2.06. The number of hydrogen-bond acceptors (Lipinski definition) is 6. The predicted molar refractivity (Wildman–Crippen MR) is 109 cm³/mol. The summed E-state index contributed by atoms with van der Waals surface area (Å²) in [4.78, 5) is 33.6. The largest absolute Gasteiger partial charge is 0.482 e. The van der Waals surface area contributed by atoms with Crippen LogP contribution < -0.4 is 10.5 Å². The third kappa shape index (κ3) is 4.71. The van der Waals surface area contributed by atoms with Crippen molar-refractivity contribution >= 4 is 11.8 Å². The van der Waals surface area contributed by atoms with Gasteiger partial charge in [0, 0.05) is 32.1 Å². The topological polar surface area (TPSA) is 116 Å². The third-order valence-electron chi connectivity index (χ3n) is 4.98. The van der Waals surface area contributed by atoms with Gasteiger partial charge in [0.1, 0.15) is 5.75 Å². The number of ether oxygens (including phenoxy) is 1. The molecule has 2 N–H and O–H groups in total. The summed E-state index contributed by atoms with van der Waals surface area (Å²) in [6.07, 6.45) is 3.87. The number of pyridine rings is 2. The summed E-state index contributed by atoms with van der Waals surface area (Å²) in [6, 6.07) is 8.32. The molecule has 0 saturated carbocycles. The van der Waals surface area contributed by atoms with Crippen LogP contribution in [0.25, 0.3) is 17.1 Å². The Kier molecular flexibility index (Phi) is 5.80. The van der Waals surface area contributed by atoms with Gasteiger partial charge in [0.25, 0.3) is 17.7 Å². The Bertz CT molecular complexity index is 1110. The van der Waals surface area contributed by atoms with Crippen molar-refractivity contribution in [2.45, 2.75) is 18.8 Å². The summed E-state index contributed by atoms with van der Waals surface area (Å²) < 4.78 is 33.7. The molecule has 0 aliphatic carbocycles. The zero-order valence-electron chi connectivity index (χ0n) is 16.9. The van der Waals surface area contributed by atoms with Crippen LogP contribution in [0.5, 0.6) is 5.75 Å². The van der Waals surface area contributed by atoms with Crippen molar-refractivity contribution in [2.75, 3.05) is 19.7 Å². The first-order valence-electron chi connectivity index (χ1n) is 9.87. The van der Waals surface area contributed by atoms with Gasteiger partial charge in [-0.1, -0.05) is 0 Å². The van der Waals surface area contributed by atoms with Gasteiger partial charge in [-0.25, -0.2) is 13.5 Å². The fourth-order valence-corrected chi connectivity index (χ4v) is 3.31. The molecule has 4 rings (SSSR count). The normalized spacial score (nSPS) is 15.4. The Balaban J connectivity index is 1.65. The van der Waals surface area contributed by atoms with Gasteiger partial charge in [-0.2, -0.15) is 5.10 Å². The van der Waals surface area contributed by atoms with Crippen LogP contribution in [0.15, 0.2) is 48.9 Å². The minimum atomic E-state index is -2.75. The Morgan fingerprint density at radius 1 is 1.16 bits per heavy atom. The standard InChI is InChI=1S/C21H20F2N6O3/c22-21(23)5-8-28(9-6-21)20(31)17-10-18(29(27-17)14-2-1-7-25-11-14)16-4-3-15(12-26-16)32-13-19(24)30/h1-4,7,10-12H,5-6,8-9,13H2,(H2,24,30). The van der Waals surface area contributed by atoms with E-state index in [4.69, 9.17) is 10.5 Å². The number of aromatic nitrogens is 4. The van der Waals surface area contributed by atoms with Crippen molar-refractivity contribution in [3.8, 4) is 22.8 Å². The van der Waals surface area contributed by atoms with Gasteiger partial charge >= 0.3 is 0 Å². The van der Waals surface area contributed by atoms with Gasteiger partial charge < -0.3 is 15.4 Å². The molecule has 1 fully saturated rings. The molecule has 32 heavy (non-hydrogen) atoms. The molecule has 0 radical (unpaired) electrons. The maximum Gasteiger partial charge on any atom is 0.274 e. The highest BCUT2D eigenvalue weighted by Crippen LogP contribution is 2.29. The highest BCUT2D eigenvalue weighted by Gasteiger charge is 2.36. The molecule has 0 unspecified atom stereocenters. The second kappa shape index (κ2) is 8.69. The van der Waals surface area contributed by atoms with Crippen LogP contribution in [0.2, 0.25) is 0 Å². The molecule has 9 nitrogen and oxygen atoms in total. The first-order chi connectivity index (χ1) is 15.3. The van der Waals surface area contributed by atoms with Crippen LogP contribution >= 0.6 is 0 Å². The average Bonchev–Trinajstić information content (AvgIpc) is 3.24. The zero-order chi connectivity index (χ0) is 22.7. The van der Waals surface area contributed by atoms with Gasteiger partial charge in [0.15, 0.2) is 12.3 Å². The Morgan fingerprint density at radius 2 is 1.94 bits per heavy atom. The summed E-state index contributed by atoms with van der Waals surface area (Å²) in [5.41, 5.74) is 6.78. The summed E-state index contributed by atoms with van der Waals surface area (Å²) >= 11 is 0. The van der Waals surface area contributed by atoms with Gasteiger partial charge in [-0.05, 0) is 30.3 Å². The van der Waals surface area contributed by atoms with Crippen LogP contribution in [0.1, 0.15) is 23.3 Å². The van der Waals surface area contributed by atoms with E-state index in [0.29, 0.717) is 22.8 Å². The van der Waals surface area contributed by atoms with Crippen molar-refractivity contribution < 1.29 is 23.1 Å². The van der Waals surface area contributed by atoms with Gasteiger partial charge in [0.2, 0.25) is 0 Å². The van der Waals surface area contributed by atoms with E-state index in [2.05, 4.69) is 15.1 Å². The van der Waals surface area contributed by atoms with Crippen LogP contribution in [0.3, 0.4) is 0 Å². The fraction of sp³-hybridized carbons (Fsp3) is 0.286. The lowest BCUT2D eigenvalue weighted by atomic mass is 10.1. The molecule has 3 aromatic heterocycles. The highest BCUT2D eigenvalue weighted by atomic mass is 19.3. The Hall–Kier alpha value is -3.89. The molecule has 3 aromatic rings. The van der Waals surface area contributed by atoms with Gasteiger partial charge in [-0.15, -0.1) is 0 Å². The summed E-state index contributed by atoms with van der Waals surface area (Å²) in [5, 5.41) is 4.42. The summed E-state index contributed by atoms with van der Waals surface area (Å²) in [5.74, 6) is -3.43. The minimum Gasteiger partial charge on any atom is -0.482 e. The molecule has 0 bridgehead atoms. The number of likely N-dealkylation sites (tertiary alicyclic amines) is 1. The van der Waals surface area contributed by atoms with E-state index in [9.17, 15) is 18.4 Å². The Labute approximate surface area is 181 Å². The number of nitrogens with two attached hydrogens (primary N) is 1. The lowest BCUT2D eigenvalue weighted by Gasteiger charge is -2.31. The molecule has 1 aliphatic heterocycles. The number of halogens is 2. The number of amides is 2. The molecule has 1 saturated heterocycles. The molecule has 2 amide bonds. The van der Waals surface area contributed by atoms with E-state index in [1.165, 1.54) is 15.8 Å². The molecule has 0 aromatic carbocycles. The lowest BCUT2D eigenvalue weighted by molar-refractivity contribution is -0.119. The molecule has 166 valence electrons. The highest BCUT2D eigenvalue weighted by molar-refractivity contribution is 5.93. The van der Waals surface area contributed by atoms with Crippen molar-refractivity contribution in [3.63, 3.8) is 0 Å². The smallest absolute Gasteiger partial charge is 0.274 e. The number of piperidine rings is 1. The van der Waals surface area contributed by atoms with Crippen LogP contribution in [-0.2, 0) is 4.79 Å². The van der Waals surface area contributed by atoms with Crippen LogP contribution in [-0.4, -0.2) is 62.1 Å². The van der Waals surface area contributed by atoms with Crippen molar-refractivity contribution in [1.29, 1.82) is 0 Å². The molecule has 0 spiro atoms. The van der Waals surface area contributed by atoms with Crippen LogP contribution in [0, 0.1) is 0 Å². The SMILES string of the molecule is NC(=O)COc1ccc(-c2cc(C(=O)N3CCC(F)(F)CC3)nn2-c2cccnc2)nc1. The fourth-order valence-electron chi connectivity index (χ4n) is 3.31. The second-order valence-corrected chi connectivity index (χ2v) is 7.32. The van der Waals surface area contributed by atoms with E-state index >= 15 is 0 Å². The number of primary amides is 1. The maximum absolute atomic E-state index is 13.5.